The lowest BCUT2D eigenvalue weighted by Gasteiger charge is -2.06. The number of nitrogens with one attached hydrogen (secondary N) is 2. The first kappa shape index (κ1) is 20.8. The Bertz CT molecular complexity index is 1210. The van der Waals surface area contributed by atoms with Crippen LogP contribution in [-0.2, 0) is 14.8 Å². The van der Waals surface area contributed by atoms with Gasteiger partial charge in [0.1, 0.15) is 5.69 Å². The minimum absolute atomic E-state index is 0.0554. The number of carbonyl (C=O) groups excluding carboxylic acids is 1. The van der Waals surface area contributed by atoms with Crippen molar-refractivity contribution < 1.29 is 13.2 Å². The van der Waals surface area contributed by atoms with Crippen molar-refractivity contribution in [1.82, 2.24) is 9.97 Å². The summed E-state index contributed by atoms with van der Waals surface area (Å²) in [5, 5.41) is 12.5. The van der Waals surface area contributed by atoms with Gasteiger partial charge in [-0.2, -0.15) is 0 Å². The van der Waals surface area contributed by atoms with E-state index in [1.54, 1.807) is 28.7 Å². The zero-order valence-electron chi connectivity index (χ0n) is 15.4. The van der Waals surface area contributed by atoms with Crippen molar-refractivity contribution in [2.75, 3.05) is 11.1 Å². The molecule has 0 saturated heterocycles. The number of nitrogens with two attached hydrogens (primary N) is 1. The van der Waals surface area contributed by atoms with Gasteiger partial charge in [-0.1, -0.05) is 30.0 Å². The number of anilines is 1. The number of carbonyl (C=O) groups is 1. The third-order valence-corrected chi connectivity index (χ3v) is 7.54. The van der Waals surface area contributed by atoms with Crippen LogP contribution in [0.4, 0.5) is 5.69 Å². The van der Waals surface area contributed by atoms with Crippen LogP contribution >= 0.6 is 34.4 Å². The molecule has 3 heterocycles. The summed E-state index contributed by atoms with van der Waals surface area (Å²) in [4.78, 5) is 22.4. The smallest absolute Gasteiger partial charge is 0.238 e. The number of amides is 1. The number of aromatic amines is 1. The molecule has 4 rings (SSSR count). The van der Waals surface area contributed by atoms with Crippen LogP contribution in [0.1, 0.15) is 0 Å². The van der Waals surface area contributed by atoms with Crippen LogP contribution in [0.5, 0.6) is 0 Å². The van der Waals surface area contributed by atoms with E-state index in [4.69, 9.17) is 5.14 Å². The van der Waals surface area contributed by atoms with E-state index in [0.29, 0.717) is 10.8 Å². The summed E-state index contributed by atoms with van der Waals surface area (Å²) in [6, 6.07) is 13.8. The molecule has 0 radical (unpaired) electrons. The molecule has 3 aromatic heterocycles. The second-order valence-electron chi connectivity index (χ2n) is 6.13. The molecule has 0 aliphatic carbocycles. The van der Waals surface area contributed by atoms with Crippen molar-refractivity contribution in [3.8, 4) is 21.1 Å². The van der Waals surface area contributed by atoms with Crippen molar-refractivity contribution >= 4 is 56.1 Å². The van der Waals surface area contributed by atoms with E-state index < -0.39 is 10.0 Å². The second-order valence-corrected chi connectivity index (χ2v) is 10.6. The SMILES string of the molecule is NS(=O)(=O)c1cccc(NC(=O)CSc2nc(-c3cccs3)c(-c3cccs3)[nH]2)c1. The van der Waals surface area contributed by atoms with Gasteiger partial charge >= 0.3 is 0 Å². The third kappa shape index (κ3) is 4.82. The highest BCUT2D eigenvalue weighted by molar-refractivity contribution is 7.99. The summed E-state index contributed by atoms with van der Waals surface area (Å²) in [6.45, 7) is 0. The summed E-state index contributed by atoms with van der Waals surface area (Å²) >= 11 is 4.49. The Morgan fingerprint density at radius 1 is 1.10 bits per heavy atom. The maximum Gasteiger partial charge on any atom is 0.238 e. The van der Waals surface area contributed by atoms with Crippen LogP contribution < -0.4 is 10.5 Å². The number of thioether (sulfide) groups is 1. The Kier molecular flexibility index (Phi) is 6.06. The van der Waals surface area contributed by atoms with Crippen molar-refractivity contribution in [3.05, 3.63) is 59.3 Å². The second kappa shape index (κ2) is 8.74. The molecule has 4 aromatic rings. The zero-order chi connectivity index (χ0) is 21.1. The molecule has 154 valence electrons. The molecule has 1 aromatic carbocycles. The first-order valence-electron chi connectivity index (χ1n) is 8.63. The summed E-state index contributed by atoms with van der Waals surface area (Å²) in [6.07, 6.45) is 0. The average Bonchev–Trinajstić information content (AvgIpc) is 3.46. The van der Waals surface area contributed by atoms with E-state index in [-0.39, 0.29) is 16.6 Å². The van der Waals surface area contributed by atoms with E-state index in [9.17, 15) is 13.2 Å². The van der Waals surface area contributed by atoms with Gasteiger partial charge in [0.2, 0.25) is 15.9 Å². The van der Waals surface area contributed by atoms with Crippen LogP contribution in [0.2, 0.25) is 0 Å². The topological polar surface area (TPSA) is 118 Å². The van der Waals surface area contributed by atoms with Crippen molar-refractivity contribution in [2.24, 2.45) is 5.14 Å². The van der Waals surface area contributed by atoms with E-state index in [2.05, 4.69) is 15.3 Å². The number of H-pyrrole nitrogens is 1. The fraction of sp³-hybridized carbons (Fsp3) is 0.0526. The van der Waals surface area contributed by atoms with Crippen molar-refractivity contribution in [3.63, 3.8) is 0 Å². The monoisotopic (exact) mass is 476 g/mol. The zero-order valence-corrected chi connectivity index (χ0v) is 18.6. The van der Waals surface area contributed by atoms with E-state index in [0.717, 1.165) is 21.1 Å². The number of thiophene rings is 2. The first-order valence-corrected chi connectivity index (χ1v) is 12.9. The minimum Gasteiger partial charge on any atom is -0.332 e. The fourth-order valence-electron chi connectivity index (χ4n) is 2.69. The highest BCUT2D eigenvalue weighted by Crippen LogP contribution is 2.36. The van der Waals surface area contributed by atoms with Gasteiger partial charge in [0, 0.05) is 5.69 Å². The molecule has 0 saturated carbocycles. The molecular formula is C19H16N4O3S4. The molecule has 0 spiro atoms. The Morgan fingerprint density at radius 2 is 1.83 bits per heavy atom. The number of imidazole rings is 1. The Labute approximate surface area is 185 Å². The van der Waals surface area contributed by atoms with Crippen LogP contribution in [0.25, 0.3) is 21.1 Å². The van der Waals surface area contributed by atoms with E-state index in [1.165, 1.54) is 30.0 Å². The molecule has 11 heteroatoms. The lowest BCUT2D eigenvalue weighted by atomic mass is 10.2. The first-order chi connectivity index (χ1) is 14.4. The third-order valence-electron chi connectivity index (χ3n) is 3.99. The number of hydrogen-bond acceptors (Lipinski definition) is 7. The normalized spacial score (nSPS) is 11.5. The predicted molar refractivity (Wildman–Crippen MR) is 122 cm³/mol. The molecule has 0 aliphatic heterocycles. The maximum atomic E-state index is 12.3. The lowest BCUT2D eigenvalue weighted by molar-refractivity contribution is -0.113. The summed E-state index contributed by atoms with van der Waals surface area (Å²) in [7, 11) is -3.83. The molecule has 0 fully saturated rings. The molecule has 0 aliphatic rings. The van der Waals surface area contributed by atoms with E-state index >= 15 is 0 Å². The molecule has 0 atom stereocenters. The van der Waals surface area contributed by atoms with Gasteiger partial charge in [0.05, 0.1) is 26.1 Å². The number of primary sulfonamides is 1. The number of hydrogen-bond donors (Lipinski definition) is 3. The number of aromatic nitrogens is 2. The minimum atomic E-state index is -3.83. The predicted octanol–water partition coefficient (Wildman–Crippen LogP) is 4.24. The molecule has 30 heavy (non-hydrogen) atoms. The van der Waals surface area contributed by atoms with Crippen LogP contribution in [0.15, 0.2) is 69.3 Å². The molecule has 7 nitrogen and oxygen atoms in total. The van der Waals surface area contributed by atoms with Gasteiger partial charge in [-0.25, -0.2) is 18.5 Å². The number of nitrogens with zero attached hydrogens (tertiary/aromatic N) is 1. The number of sulfonamides is 1. The maximum absolute atomic E-state index is 12.3. The van der Waals surface area contributed by atoms with Gasteiger partial charge in [-0.15, -0.1) is 22.7 Å². The molecule has 0 bridgehead atoms. The number of rotatable bonds is 7. The van der Waals surface area contributed by atoms with Gasteiger partial charge < -0.3 is 10.3 Å². The Hall–Kier alpha value is -2.44. The molecule has 1 amide bonds. The number of benzene rings is 1. The standard InChI is InChI=1S/C19H16N4O3S4/c20-30(25,26)13-5-1-4-12(10-13)21-16(24)11-29-19-22-17(14-6-2-8-27-14)18(23-19)15-7-3-9-28-15/h1-10H,11H2,(H,21,24)(H,22,23)(H2,20,25,26). The molecular weight excluding hydrogens is 461 g/mol. The van der Waals surface area contributed by atoms with Gasteiger partial charge in [-0.3, -0.25) is 4.79 Å². The summed E-state index contributed by atoms with van der Waals surface area (Å²) < 4.78 is 22.9. The lowest BCUT2D eigenvalue weighted by Crippen LogP contribution is -2.16. The summed E-state index contributed by atoms with van der Waals surface area (Å²) in [5.74, 6) is -0.167. The van der Waals surface area contributed by atoms with Crippen molar-refractivity contribution in [2.45, 2.75) is 10.1 Å². The Morgan fingerprint density at radius 3 is 2.50 bits per heavy atom. The Balaban J connectivity index is 1.48. The van der Waals surface area contributed by atoms with E-state index in [1.807, 2.05) is 35.0 Å². The van der Waals surface area contributed by atoms with Crippen LogP contribution in [-0.4, -0.2) is 30.0 Å². The fourth-order valence-corrected chi connectivity index (χ4v) is 5.37. The van der Waals surface area contributed by atoms with Gasteiger partial charge in [-0.05, 0) is 41.1 Å². The van der Waals surface area contributed by atoms with Gasteiger partial charge in [0.25, 0.3) is 0 Å². The molecule has 0 unspecified atom stereocenters. The summed E-state index contributed by atoms with van der Waals surface area (Å²) in [5.41, 5.74) is 2.15. The van der Waals surface area contributed by atoms with Gasteiger partial charge in [0.15, 0.2) is 5.16 Å². The molecule has 4 N–H and O–H groups in total. The van der Waals surface area contributed by atoms with Crippen LogP contribution in [0, 0.1) is 0 Å². The largest absolute Gasteiger partial charge is 0.332 e. The van der Waals surface area contributed by atoms with Crippen molar-refractivity contribution in [1.29, 1.82) is 0 Å². The quantitative estimate of drug-likeness (QED) is 0.345. The highest BCUT2D eigenvalue weighted by atomic mass is 32.2. The van der Waals surface area contributed by atoms with Crippen LogP contribution in [0.3, 0.4) is 0 Å². The highest BCUT2D eigenvalue weighted by Gasteiger charge is 2.17. The average molecular weight is 477 g/mol.